The number of rotatable bonds is 3. The summed E-state index contributed by atoms with van der Waals surface area (Å²) < 4.78 is 117. The Morgan fingerprint density at radius 3 is 1.61 bits per heavy atom. The molecular weight excluding hydrogens is 439 g/mol. The summed E-state index contributed by atoms with van der Waals surface area (Å²) in [6, 6.07) is 6.22. The van der Waals surface area contributed by atoms with Crippen molar-refractivity contribution in [1.29, 1.82) is 0 Å². The van der Waals surface area contributed by atoms with Gasteiger partial charge < -0.3 is 4.90 Å². The van der Waals surface area contributed by atoms with Crippen molar-refractivity contribution in [2.75, 3.05) is 31.1 Å². The fourth-order valence-electron chi connectivity index (χ4n) is 3.41. The van der Waals surface area contributed by atoms with E-state index >= 15 is 0 Å². The van der Waals surface area contributed by atoms with Crippen molar-refractivity contribution < 1.29 is 39.5 Å². The summed E-state index contributed by atoms with van der Waals surface area (Å²) in [5, 5.41) is 0. The normalized spacial score (nSPS) is 16.6. The van der Waals surface area contributed by atoms with E-state index in [1.54, 1.807) is 9.80 Å². The molecule has 0 unspecified atom stereocenters. The van der Waals surface area contributed by atoms with Crippen molar-refractivity contribution in [3.63, 3.8) is 0 Å². The number of hydrogen-bond acceptors (Lipinski definition) is 2. The molecule has 11 heteroatoms. The van der Waals surface area contributed by atoms with Gasteiger partial charge in [0.2, 0.25) is 0 Å². The minimum absolute atomic E-state index is 0.0784. The third-order valence-corrected chi connectivity index (χ3v) is 4.96. The van der Waals surface area contributed by atoms with E-state index in [0.29, 0.717) is 17.8 Å². The first-order valence-corrected chi connectivity index (χ1v) is 9.16. The molecule has 2 aromatic rings. The van der Waals surface area contributed by atoms with E-state index in [4.69, 9.17) is 0 Å². The molecule has 1 aliphatic rings. The average molecular weight is 456 g/mol. The summed E-state index contributed by atoms with van der Waals surface area (Å²) in [5.74, 6) is 0. The van der Waals surface area contributed by atoms with E-state index in [9.17, 15) is 39.5 Å². The zero-order valence-corrected chi connectivity index (χ0v) is 15.9. The van der Waals surface area contributed by atoms with Crippen LogP contribution in [0.2, 0.25) is 0 Å². The smallest absolute Gasteiger partial charge is 0.369 e. The summed E-state index contributed by atoms with van der Waals surface area (Å²) in [7, 11) is 0. The van der Waals surface area contributed by atoms with Crippen LogP contribution in [-0.4, -0.2) is 31.1 Å². The maximum atomic E-state index is 13.0. The zero-order chi connectivity index (χ0) is 23.0. The van der Waals surface area contributed by atoms with Crippen LogP contribution in [0.3, 0.4) is 0 Å². The molecule has 3 rings (SSSR count). The Bertz CT molecular complexity index is 876. The lowest BCUT2D eigenvalue weighted by Crippen LogP contribution is -2.46. The molecule has 1 fully saturated rings. The summed E-state index contributed by atoms with van der Waals surface area (Å²) in [5.41, 5.74) is -3.32. The molecule has 2 aromatic carbocycles. The van der Waals surface area contributed by atoms with Crippen molar-refractivity contribution >= 4 is 5.69 Å². The summed E-state index contributed by atoms with van der Waals surface area (Å²) in [6.07, 6.45) is -14.3. The monoisotopic (exact) mass is 456 g/mol. The van der Waals surface area contributed by atoms with E-state index in [2.05, 4.69) is 0 Å². The molecule has 1 aliphatic heterocycles. The Balaban J connectivity index is 1.71. The maximum Gasteiger partial charge on any atom is 0.416 e. The van der Waals surface area contributed by atoms with E-state index in [1.165, 1.54) is 12.1 Å². The number of anilines is 1. The predicted molar refractivity (Wildman–Crippen MR) is 95.4 cm³/mol. The molecule has 0 saturated carbocycles. The highest BCUT2D eigenvalue weighted by Gasteiger charge is 2.37. The molecule has 31 heavy (non-hydrogen) atoms. The molecule has 0 bridgehead atoms. The minimum Gasteiger partial charge on any atom is -0.369 e. The SMILES string of the molecule is FC(F)(F)c1cccc(N2CCN(Cc3cc(C(F)(F)F)cc(C(F)(F)F)c3)CC2)c1. The Kier molecular flexibility index (Phi) is 6.18. The fraction of sp³-hybridized carbons (Fsp3) is 0.400. The second-order valence-electron chi connectivity index (χ2n) is 7.23. The van der Waals surface area contributed by atoms with Crippen LogP contribution >= 0.6 is 0 Å². The quantitative estimate of drug-likeness (QED) is 0.518. The van der Waals surface area contributed by atoms with Crippen LogP contribution in [0, 0.1) is 0 Å². The number of alkyl halides is 9. The first-order chi connectivity index (χ1) is 14.2. The molecule has 0 atom stereocenters. The van der Waals surface area contributed by atoms with E-state index in [-0.39, 0.29) is 44.4 Å². The largest absolute Gasteiger partial charge is 0.416 e. The number of halogens is 9. The first-order valence-electron chi connectivity index (χ1n) is 9.16. The van der Waals surface area contributed by atoms with Gasteiger partial charge in [-0.3, -0.25) is 4.90 Å². The maximum absolute atomic E-state index is 13.0. The van der Waals surface area contributed by atoms with Gasteiger partial charge in [0.1, 0.15) is 0 Å². The first kappa shape index (κ1) is 23.2. The number of benzene rings is 2. The molecule has 0 spiro atoms. The lowest BCUT2D eigenvalue weighted by molar-refractivity contribution is -0.143. The third kappa shape index (κ3) is 5.84. The molecule has 1 heterocycles. The lowest BCUT2D eigenvalue weighted by Gasteiger charge is -2.36. The molecule has 0 radical (unpaired) electrons. The molecule has 0 N–H and O–H groups in total. The summed E-state index contributed by atoms with van der Waals surface area (Å²) >= 11 is 0. The molecule has 170 valence electrons. The number of hydrogen-bond donors (Lipinski definition) is 0. The Morgan fingerprint density at radius 1 is 0.613 bits per heavy atom. The van der Waals surface area contributed by atoms with Crippen LogP contribution in [0.25, 0.3) is 0 Å². The Hall–Kier alpha value is -2.43. The van der Waals surface area contributed by atoms with Crippen LogP contribution in [0.4, 0.5) is 45.2 Å². The molecule has 1 saturated heterocycles. The fourth-order valence-corrected chi connectivity index (χ4v) is 3.41. The van der Waals surface area contributed by atoms with Crippen LogP contribution in [0.5, 0.6) is 0 Å². The number of piperazine rings is 1. The standard InChI is InChI=1S/C20H17F9N2/c21-18(22,23)14-2-1-3-17(11-14)31-6-4-30(5-7-31)12-13-8-15(19(24,25)26)10-16(9-13)20(27,28)29/h1-3,8-11H,4-7,12H2. The van der Waals surface area contributed by atoms with Crippen molar-refractivity contribution in [2.45, 2.75) is 25.1 Å². The van der Waals surface area contributed by atoms with Crippen molar-refractivity contribution in [3.05, 3.63) is 64.7 Å². The number of nitrogens with zero attached hydrogens (tertiary/aromatic N) is 2. The lowest BCUT2D eigenvalue weighted by atomic mass is 10.0. The minimum atomic E-state index is -4.92. The topological polar surface area (TPSA) is 6.48 Å². The highest BCUT2D eigenvalue weighted by molar-refractivity contribution is 5.49. The molecule has 2 nitrogen and oxygen atoms in total. The highest BCUT2D eigenvalue weighted by atomic mass is 19.4. The highest BCUT2D eigenvalue weighted by Crippen LogP contribution is 2.37. The van der Waals surface area contributed by atoms with Gasteiger partial charge in [-0.05, 0) is 42.0 Å². The van der Waals surface area contributed by atoms with Crippen molar-refractivity contribution in [3.8, 4) is 0 Å². The molecule has 0 aromatic heterocycles. The van der Waals surface area contributed by atoms with Gasteiger partial charge in [-0.1, -0.05) is 6.07 Å². The van der Waals surface area contributed by atoms with Gasteiger partial charge in [-0.25, -0.2) is 0 Å². The Morgan fingerprint density at radius 2 is 1.13 bits per heavy atom. The van der Waals surface area contributed by atoms with Gasteiger partial charge in [-0.2, -0.15) is 39.5 Å². The predicted octanol–water partition coefficient (Wildman–Crippen LogP) is 6.07. The summed E-state index contributed by atoms with van der Waals surface area (Å²) in [6.45, 7) is 0.976. The van der Waals surface area contributed by atoms with Crippen molar-refractivity contribution in [1.82, 2.24) is 4.90 Å². The zero-order valence-electron chi connectivity index (χ0n) is 15.9. The molecule has 0 amide bonds. The van der Waals surface area contributed by atoms with Crippen LogP contribution < -0.4 is 4.90 Å². The Labute approximate surface area is 171 Å². The van der Waals surface area contributed by atoms with Gasteiger partial charge in [0, 0.05) is 38.4 Å². The van der Waals surface area contributed by atoms with Gasteiger partial charge in [0.25, 0.3) is 0 Å². The van der Waals surface area contributed by atoms with Gasteiger partial charge in [0.15, 0.2) is 0 Å². The van der Waals surface area contributed by atoms with Crippen LogP contribution in [0.1, 0.15) is 22.3 Å². The van der Waals surface area contributed by atoms with Gasteiger partial charge >= 0.3 is 18.5 Å². The van der Waals surface area contributed by atoms with E-state index in [1.807, 2.05) is 0 Å². The molecule has 0 aliphatic carbocycles. The van der Waals surface area contributed by atoms with Crippen LogP contribution in [-0.2, 0) is 25.1 Å². The second kappa shape index (κ2) is 8.25. The average Bonchev–Trinajstić information content (AvgIpc) is 2.66. The van der Waals surface area contributed by atoms with E-state index < -0.39 is 35.2 Å². The second-order valence-corrected chi connectivity index (χ2v) is 7.23. The summed E-state index contributed by atoms with van der Waals surface area (Å²) in [4.78, 5) is 3.36. The van der Waals surface area contributed by atoms with Gasteiger partial charge in [-0.15, -0.1) is 0 Å². The van der Waals surface area contributed by atoms with Crippen molar-refractivity contribution in [2.24, 2.45) is 0 Å². The molecular formula is C20H17F9N2. The van der Waals surface area contributed by atoms with Crippen LogP contribution in [0.15, 0.2) is 42.5 Å². The van der Waals surface area contributed by atoms with E-state index in [0.717, 1.165) is 12.1 Å². The third-order valence-electron chi connectivity index (χ3n) is 4.96. The van der Waals surface area contributed by atoms with Gasteiger partial charge in [0.05, 0.1) is 16.7 Å².